The van der Waals surface area contributed by atoms with Crippen molar-refractivity contribution in [1.29, 1.82) is 0 Å². The van der Waals surface area contributed by atoms with Crippen LogP contribution >= 0.6 is 7.26 Å². The number of halogens is 3. The summed E-state index contributed by atoms with van der Waals surface area (Å²) in [5, 5.41) is 0. The van der Waals surface area contributed by atoms with Gasteiger partial charge in [0.25, 0.3) is 0 Å². The second-order valence-corrected chi connectivity index (χ2v) is 9.72. The van der Waals surface area contributed by atoms with Crippen molar-refractivity contribution in [3.8, 4) is 0 Å². The molecule has 0 heterocycles. The summed E-state index contributed by atoms with van der Waals surface area (Å²) in [7, 11) is -3.06. The molecule has 0 aromatic heterocycles. The maximum atomic E-state index is 13.4. The monoisotopic (exact) mass is 272 g/mol. The van der Waals surface area contributed by atoms with Crippen molar-refractivity contribution in [1.82, 2.24) is 0 Å². The summed E-state index contributed by atoms with van der Waals surface area (Å²) < 4.78 is 40.2. The molecule has 0 aromatic rings. The molecule has 106 valence electrons. The number of hydrogen-bond donors (Lipinski definition) is 0. The molecule has 0 atom stereocenters. The average Bonchev–Trinajstić information content (AvgIpc) is 2.27. The van der Waals surface area contributed by atoms with Crippen LogP contribution < -0.4 is 0 Å². The standard InChI is InChI=1S/C13H28F3P/c1-4-7-10-17(11-8-5-2,12-9-6-3)13(14,15)16/h17H,4-12H2,1-3H3. The molecule has 0 rings (SSSR count). The van der Waals surface area contributed by atoms with Gasteiger partial charge in [-0.05, 0) is 0 Å². The Hall–Kier alpha value is 0.220. The molecule has 0 radical (unpaired) electrons. The normalized spacial score (nSPS) is 14.0. The maximum absolute atomic E-state index is 13.4. The van der Waals surface area contributed by atoms with Crippen molar-refractivity contribution in [2.24, 2.45) is 0 Å². The van der Waals surface area contributed by atoms with Crippen molar-refractivity contribution < 1.29 is 13.2 Å². The Morgan fingerprint density at radius 2 is 1.00 bits per heavy atom. The molecule has 0 spiro atoms. The zero-order valence-electron chi connectivity index (χ0n) is 11.5. The first-order valence-corrected chi connectivity index (χ1v) is 9.62. The number of alkyl halides is 3. The van der Waals surface area contributed by atoms with Crippen LogP contribution in [0.3, 0.4) is 0 Å². The SMILES string of the molecule is CCCC[PH](CCCC)(CCCC)C(F)(F)F. The Balaban J connectivity index is 4.78. The van der Waals surface area contributed by atoms with Gasteiger partial charge in [-0.3, -0.25) is 0 Å². The Morgan fingerprint density at radius 1 is 0.706 bits per heavy atom. The Labute approximate surface area is 105 Å². The fraction of sp³-hybridized carbons (Fsp3) is 1.00. The van der Waals surface area contributed by atoms with Crippen LogP contribution in [0.2, 0.25) is 0 Å². The van der Waals surface area contributed by atoms with Crippen LogP contribution in [0.25, 0.3) is 0 Å². The summed E-state index contributed by atoms with van der Waals surface area (Å²) >= 11 is 0. The first-order chi connectivity index (χ1) is 7.93. The van der Waals surface area contributed by atoms with Gasteiger partial charge in [0.1, 0.15) is 0 Å². The van der Waals surface area contributed by atoms with Crippen molar-refractivity contribution in [2.45, 2.75) is 65.2 Å². The number of rotatable bonds is 9. The Bertz CT molecular complexity index is 168. The van der Waals surface area contributed by atoms with E-state index in [9.17, 15) is 13.2 Å². The van der Waals surface area contributed by atoms with Crippen molar-refractivity contribution in [2.75, 3.05) is 18.5 Å². The molecule has 0 fully saturated rings. The third-order valence-corrected chi connectivity index (χ3v) is 8.76. The van der Waals surface area contributed by atoms with E-state index < -0.39 is 13.2 Å². The van der Waals surface area contributed by atoms with Gasteiger partial charge in [0.2, 0.25) is 0 Å². The summed E-state index contributed by atoms with van der Waals surface area (Å²) in [6, 6.07) is 0. The molecule has 0 nitrogen and oxygen atoms in total. The first-order valence-electron chi connectivity index (χ1n) is 7.00. The minimum atomic E-state index is -3.90. The van der Waals surface area contributed by atoms with Crippen LogP contribution in [0.5, 0.6) is 0 Å². The molecular weight excluding hydrogens is 244 g/mol. The van der Waals surface area contributed by atoms with E-state index in [1.807, 2.05) is 20.8 Å². The fourth-order valence-electron chi connectivity index (χ4n) is 2.35. The van der Waals surface area contributed by atoms with Gasteiger partial charge in [0.05, 0.1) is 0 Å². The molecule has 0 saturated heterocycles. The molecule has 0 aromatic carbocycles. The quantitative estimate of drug-likeness (QED) is 0.475. The van der Waals surface area contributed by atoms with E-state index in [0.717, 1.165) is 38.5 Å². The van der Waals surface area contributed by atoms with E-state index in [1.54, 1.807) is 0 Å². The Morgan fingerprint density at radius 3 is 1.18 bits per heavy atom. The van der Waals surface area contributed by atoms with Gasteiger partial charge in [-0.25, -0.2) is 0 Å². The molecule has 0 bridgehead atoms. The molecule has 0 aliphatic rings. The van der Waals surface area contributed by atoms with Crippen molar-refractivity contribution in [3.63, 3.8) is 0 Å². The minimum absolute atomic E-state index is 0.451. The molecular formula is C13H28F3P. The van der Waals surface area contributed by atoms with E-state index in [0.29, 0.717) is 18.5 Å². The summed E-state index contributed by atoms with van der Waals surface area (Å²) in [5.41, 5.74) is 0. The molecule has 0 aliphatic carbocycles. The van der Waals surface area contributed by atoms with Crippen LogP contribution in [-0.4, -0.2) is 24.4 Å². The van der Waals surface area contributed by atoms with Crippen LogP contribution in [0, 0.1) is 0 Å². The predicted molar refractivity (Wildman–Crippen MR) is 73.7 cm³/mol. The van der Waals surface area contributed by atoms with Gasteiger partial charge in [0.15, 0.2) is 0 Å². The van der Waals surface area contributed by atoms with Gasteiger partial charge in [-0.1, -0.05) is 0 Å². The molecule has 4 heteroatoms. The topological polar surface area (TPSA) is 0 Å². The van der Waals surface area contributed by atoms with E-state index in [2.05, 4.69) is 0 Å². The third-order valence-electron chi connectivity index (χ3n) is 3.63. The van der Waals surface area contributed by atoms with Gasteiger partial charge in [-0.2, -0.15) is 0 Å². The summed E-state index contributed by atoms with van der Waals surface area (Å²) in [4.78, 5) is 0. The van der Waals surface area contributed by atoms with Gasteiger partial charge in [0, 0.05) is 0 Å². The van der Waals surface area contributed by atoms with E-state index in [1.165, 1.54) is 0 Å². The van der Waals surface area contributed by atoms with Crippen LogP contribution in [0.4, 0.5) is 13.2 Å². The second kappa shape index (κ2) is 8.34. The van der Waals surface area contributed by atoms with Crippen molar-refractivity contribution in [3.05, 3.63) is 0 Å². The molecule has 0 unspecified atom stereocenters. The Kier molecular flexibility index (Phi) is 8.45. The van der Waals surface area contributed by atoms with Crippen LogP contribution in [-0.2, 0) is 0 Å². The zero-order chi connectivity index (χ0) is 13.4. The molecule has 17 heavy (non-hydrogen) atoms. The average molecular weight is 272 g/mol. The summed E-state index contributed by atoms with van der Waals surface area (Å²) in [5.74, 6) is -3.90. The molecule has 0 amide bonds. The first kappa shape index (κ1) is 17.2. The molecule has 0 N–H and O–H groups in total. The second-order valence-electron chi connectivity index (χ2n) is 5.09. The zero-order valence-corrected chi connectivity index (χ0v) is 12.5. The van der Waals surface area contributed by atoms with E-state index in [4.69, 9.17) is 0 Å². The van der Waals surface area contributed by atoms with Crippen LogP contribution in [0.1, 0.15) is 59.3 Å². The van der Waals surface area contributed by atoms with E-state index in [-0.39, 0.29) is 0 Å². The van der Waals surface area contributed by atoms with Gasteiger partial charge in [-0.15, -0.1) is 0 Å². The van der Waals surface area contributed by atoms with Crippen molar-refractivity contribution >= 4 is 7.26 Å². The molecule has 0 aliphatic heterocycles. The number of unbranched alkanes of at least 4 members (excludes halogenated alkanes) is 3. The van der Waals surface area contributed by atoms with E-state index >= 15 is 0 Å². The predicted octanol–water partition coefficient (Wildman–Crippen LogP) is 5.66. The fourth-order valence-corrected chi connectivity index (χ4v) is 7.04. The number of hydrogen-bond acceptors (Lipinski definition) is 0. The summed E-state index contributed by atoms with van der Waals surface area (Å²) in [6.07, 6.45) is 6.24. The van der Waals surface area contributed by atoms with Gasteiger partial charge < -0.3 is 0 Å². The summed E-state index contributed by atoms with van der Waals surface area (Å²) in [6.45, 7) is 5.94. The third kappa shape index (κ3) is 5.59. The van der Waals surface area contributed by atoms with Crippen LogP contribution in [0.15, 0.2) is 0 Å². The molecule has 0 saturated carbocycles. The van der Waals surface area contributed by atoms with Gasteiger partial charge >= 0.3 is 104 Å².